The molecule has 1 unspecified atom stereocenters. The van der Waals surface area contributed by atoms with Crippen molar-refractivity contribution in [3.63, 3.8) is 0 Å². The molecule has 1 atom stereocenters. The molecule has 0 aliphatic carbocycles. The summed E-state index contributed by atoms with van der Waals surface area (Å²) in [6, 6.07) is 23.4. The van der Waals surface area contributed by atoms with Crippen LogP contribution in [0.4, 0.5) is 5.69 Å². The highest BCUT2D eigenvalue weighted by molar-refractivity contribution is 7.92. The number of hydrogen-bond acceptors (Lipinski definition) is 4. The molecule has 3 aromatic carbocycles. The fraction of sp³-hybridized carbons (Fsp3) is 0.286. The minimum Gasteiger partial charge on any atom is -0.354 e. The van der Waals surface area contributed by atoms with Crippen LogP contribution in [0.25, 0.3) is 0 Å². The average molecular weight is 508 g/mol. The number of benzene rings is 3. The van der Waals surface area contributed by atoms with Crippen molar-refractivity contribution in [2.45, 2.75) is 44.7 Å². The second kappa shape index (κ2) is 12.4. The number of nitrogens with zero attached hydrogens (tertiary/aromatic N) is 2. The zero-order valence-corrected chi connectivity index (χ0v) is 21.7. The molecular weight excluding hydrogens is 474 g/mol. The zero-order valence-electron chi connectivity index (χ0n) is 20.9. The van der Waals surface area contributed by atoms with Crippen LogP contribution >= 0.6 is 0 Å². The van der Waals surface area contributed by atoms with Gasteiger partial charge in [-0.15, -0.1) is 0 Å². The van der Waals surface area contributed by atoms with Crippen LogP contribution in [0.1, 0.15) is 31.4 Å². The monoisotopic (exact) mass is 507 g/mol. The highest BCUT2D eigenvalue weighted by Crippen LogP contribution is 2.24. The molecule has 0 aliphatic rings. The van der Waals surface area contributed by atoms with Crippen molar-refractivity contribution >= 4 is 27.5 Å². The van der Waals surface area contributed by atoms with Crippen molar-refractivity contribution in [3.8, 4) is 0 Å². The van der Waals surface area contributed by atoms with E-state index in [9.17, 15) is 18.0 Å². The summed E-state index contributed by atoms with van der Waals surface area (Å²) in [7, 11) is -4.04. The number of carbonyl (C=O) groups excluding carboxylic acids is 2. The molecule has 8 heteroatoms. The fourth-order valence-corrected chi connectivity index (χ4v) is 5.26. The molecule has 1 N–H and O–H groups in total. The lowest BCUT2D eigenvalue weighted by Crippen LogP contribution is -2.51. The molecule has 0 aliphatic heterocycles. The molecule has 0 heterocycles. The molecule has 0 saturated carbocycles. The summed E-state index contributed by atoms with van der Waals surface area (Å²) in [5, 5.41) is 2.84. The Balaban J connectivity index is 1.98. The van der Waals surface area contributed by atoms with Crippen LogP contribution in [0, 0.1) is 6.92 Å². The standard InChI is InChI=1S/C28H33N3O4S/c1-4-18-29-28(33)23(3)30(20-24-13-11-12-22(2)19-24)27(32)21-31(25-14-7-5-8-15-25)36(34,35)26-16-9-6-10-17-26/h5-17,19,23H,4,18,20-21H2,1-3H3,(H,29,33). The van der Waals surface area contributed by atoms with Gasteiger partial charge in [0.2, 0.25) is 11.8 Å². The molecule has 3 rings (SSSR count). The van der Waals surface area contributed by atoms with Crippen molar-refractivity contribution in [1.29, 1.82) is 0 Å². The Bertz CT molecular complexity index is 1260. The van der Waals surface area contributed by atoms with E-state index in [0.717, 1.165) is 21.9 Å². The van der Waals surface area contributed by atoms with Crippen molar-refractivity contribution in [2.24, 2.45) is 0 Å². The van der Waals surface area contributed by atoms with Crippen LogP contribution in [0.2, 0.25) is 0 Å². The van der Waals surface area contributed by atoms with E-state index in [0.29, 0.717) is 12.2 Å². The van der Waals surface area contributed by atoms with Gasteiger partial charge in [-0.25, -0.2) is 8.42 Å². The number of amides is 2. The second-order valence-corrected chi connectivity index (χ2v) is 10.5. The van der Waals surface area contributed by atoms with Gasteiger partial charge in [0, 0.05) is 13.1 Å². The number of rotatable bonds is 11. The van der Waals surface area contributed by atoms with E-state index in [-0.39, 0.29) is 17.3 Å². The molecule has 0 bridgehead atoms. The third kappa shape index (κ3) is 6.73. The number of aryl methyl sites for hydroxylation is 1. The first-order valence-electron chi connectivity index (χ1n) is 12.0. The predicted molar refractivity (Wildman–Crippen MR) is 142 cm³/mol. The lowest BCUT2D eigenvalue weighted by molar-refractivity contribution is -0.139. The number of nitrogens with one attached hydrogen (secondary N) is 1. The minimum atomic E-state index is -4.04. The van der Waals surface area contributed by atoms with E-state index in [4.69, 9.17) is 0 Å². The summed E-state index contributed by atoms with van der Waals surface area (Å²) in [6.07, 6.45) is 0.765. The summed E-state index contributed by atoms with van der Waals surface area (Å²) >= 11 is 0. The van der Waals surface area contributed by atoms with Gasteiger partial charge in [0.1, 0.15) is 12.6 Å². The molecule has 0 radical (unpaired) electrons. The van der Waals surface area contributed by atoms with Crippen LogP contribution in [-0.4, -0.2) is 44.3 Å². The van der Waals surface area contributed by atoms with E-state index >= 15 is 0 Å². The number of hydrogen-bond donors (Lipinski definition) is 1. The quantitative estimate of drug-likeness (QED) is 0.423. The van der Waals surface area contributed by atoms with Gasteiger partial charge in [0.05, 0.1) is 10.6 Å². The third-order valence-electron chi connectivity index (χ3n) is 5.81. The van der Waals surface area contributed by atoms with Crippen LogP contribution in [0.3, 0.4) is 0 Å². The Morgan fingerprint density at radius 3 is 2.17 bits per heavy atom. The largest absolute Gasteiger partial charge is 0.354 e. The number of carbonyl (C=O) groups is 2. The molecule has 0 fully saturated rings. The molecule has 190 valence electrons. The highest BCUT2D eigenvalue weighted by Gasteiger charge is 2.32. The van der Waals surface area contributed by atoms with Crippen LogP contribution in [0.5, 0.6) is 0 Å². The normalized spacial score (nSPS) is 12.0. The lowest BCUT2D eigenvalue weighted by Gasteiger charge is -2.32. The minimum absolute atomic E-state index is 0.0839. The summed E-state index contributed by atoms with van der Waals surface area (Å²) in [4.78, 5) is 28.1. The number of para-hydroxylation sites is 1. The summed E-state index contributed by atoms with van der Waals surface area (Å²) in [5.41, 5.74) is 2.25. The maximum Gasteiger partial charge on any atom is 0.264 e. The molecular formula is C28H33N3O4S. The Kier molecular flexibility index (Phi) is 9.25. The Morgan fingerprint density at radius 2 is 1.56 bits per heavy atom. The van der Waals surface area contributed by atoms with Crippen LogP contribution in [0.15, 0.2) is 89.8 Å². The number of sulfonamides is 1. The average Bonchev–Trinajstić information content (AvgIpc) is 2.89. The van der Waals surface area contributed by atoms with Gasteiger partial charge < -0.3 is 10.2 Å². The molecule has 7 nitrogen and oxygen atoms in total. The lowest BCUT2D eigenvalue weighted by atomic mass is 10.1. The first-order chi connectivity index (χ1) is 17.2. The molecule has 36 heavy (non-hydrogen) atoms. The molecule has 0 spiro atoms. The topological polar surface area (TPSA) is 86.8 Å². The van der Waals surface area contributed by atoms with Crippen LogP contribution in [-0.2, 0) is 26.2 Å². The van der Waals surface area contributed by atoms with Gasteiger partial charge in [0.25, 0.3) is 10.0 Å². The predicted octanol–water partition coefficient (Wildman–Crippen LogP) is 4.13. The smallest absolute Gasteiger partial charge is 0.264 e. The van der Waals surface area contributed by atoms with E-state index in [1.165, 1.54) is 17.0 Å². The maximum absolute atomic E-state index is 13.8. The zero-order chi connectivity index (χ0) is 26.1. The first kappa shape index (κ1) is 26.9. The Hall–Kier alpha value is -3.65. The first-order valence-corrected chi connectivity index (χ1v) is 13.4. The molecule has 0 aromatic heterocycles. The summed E-state index contributed by atoms with van der Waals surface area (Å²) < 4.78 is 28.3. The van der Waals surface area contributed by atoms with Gasteiger partial charge in [-0.1, -0.05) is 73.2 Å². The van der Waals surface area contributed by atoms with E-state index in [1.807, 2.05) is 38.1 Å². The van der Waals surface area contributed by atoms with Gasteiger partial charge >= 0.3 is 0 Å². The van der Waals surface area contributed by atoms with Gasteiger partial charge in [-0.2, -0.15) is 0 Å². The SMILES string of the molecule is CCCNC(=O)C(C)N(Cc1cccc(C)c1)C(=O)CN(c1ccccc1)S(=O)(=O)c1ccccc1. The number of anilines is 1. The molecule has 3 aromatic rings. The van der Waals surface area contributed by atoms with Gasteiger partial charge in [-0.05, 0) is 50.1 Å². The fourth-order valence-electron chi connectivity index (χ4n) is 3.83. The molecule has 2 amide bonds. The van der Waals surface area contributed by atoms with E-state index in [1.54, 1.807) is 55.5 Å². The van der Waals surface area contributed by atoms with Crippen molar-refractivity contribution in [1.82, 2.24) is 10.2 Å². The maximum atomic E-state index is 13.8. The van der Waals surface area contributed by atoms with Crippen molar-refractivity contribution in [2.75, 3.05) is 17.4 Å². The summed E-state index contributed by atoms with van der Waals surface area (Å²) in [6.45, 7) is 5.79. The second-order valence-electron chi connectivity index (χ2n) is 8.64. The van der Waals surface area contributed by atoms with Crippen molar-refractivity contribution < 1.29 is 18.0 Å². The Morgan fingerprint density at radius 1 is 0.917 bits per heavy atom. The highest BCUT2D eigenvalue weighted by atomic mass is 32.2. The summed E-state index contributed by atoms with van der Waals surface area (Å²) in [5.74, 6) is -0.756. The van der Waals surface area contributed by atoms with E-state index < -0.39 is 28.5 Å². The third-order valence-corrected chi connectivity index (χ3v) is 7.59. The van der Waals surface area contributed by atoms with E-state index in [2.05, 4.69) is 5.32 Å². The molecule has 0 saturated heterocycles. The van der Waals surface area contributed by atoms with Crippen molar-refractivity contribution in [3.05, 3.63) is 96.1 Å². The van der Waals surface area contributed by atoms with Gasteiger partial charge in [0.15, 0.2) is 0 Å². The van der Waals surface area contributed by atoms with Gasteiger partial charge in [-0.3, -0.25) is 13.9 Å². The Labute approximate surface area is 213 Å². The van der Waals surface area contributed by atoms with Crippen LogP contribution < -0.4 is 9.62 Å².